The molecule has 1 aromatic heterocycles. The summed E-state index contributed by atoms with van der Waals surface area (Å²) in [6.45, 7) is 6.40. The Kier molecular flexibility index (Phi) is 7.66. The Bertz CT molecular complexity index is 712. The molecule has 0 saturated carbocycles. The number of hydrogen-bond donors (Lipinski definition) is 2. The molecule has 1 aliphatic rings. The zero-order chi connectivity index (χ0) is 18.9. The Morgan fingerprint density at radius 2 is 2.11 bits per heavy atom. The number of nitrogens with one attached hydrogen (secondary N) is 2. The zero-order valence-electron chi connectivity index (χ0n) is 16.4. The third-order valence-corrected chi connectivity index (χ3v) is 5.96. The second-order valence-corrected chi connectivity index (χ2v) is 8.02. The Balaban J connectivity index is 1.38. The average molecular weight is 386 g/mol. The summed E-state index contributed by atoms with van der Waals surface area (Å²) in [5.74, 6) is 0.846. The second kappa shape index (κ2) is 10.4. The van der Waals surface area contributed by atoms with E-state index in [1.807, 2.05) is 25.2 Å². The predicted octanol–water partition coefficient (Wildman–Crippen LogP) is 3.74. The third-order valence-electron chi connectivity index (χ3n) is 5.11. The van der Waals surface area contributed by atoms with Crippen molar-refractivity contribution in [3.8, 4) is 11.3 Å². The maximum absolute atomic E-state index is 4.72. The number of aromatic nitrogens is 1. The molecule has 1 fully saturated rings. The maximum atomic E-state index is 4.72. The van der Waals surface area contributed by atoms with Crippen LogP contribution in [-0.2, 0) is 6.54 Å². The molecule has 2 aromatic rings. The van der Waals surface area contributed by atoms with E-state index in [0.717, 1.165) is 47.8 Å². The summed E-state index contributed by atoms with van der Waals surface area (Å²) in [6, 6.07) is 11.0. The zero-order valence-corrected chi connectivity index (χ0v) is 17.3. The molecule has 1 unspecified atom stereocenters. The molecule has 6 heteroatoms. The molecule has 0 radical (unpaired) electrons. The minimum absolute atomic E-state index is 0.695. The monoisotopic (exact) mass is 385 g/mol. The molecule has 1 saturated heterocycles. The average Bonchev–Trinajstić information content (AvgIpc) is 3.18. The van der Waals surface area contributed by atoms with Crippen LogP contribution in [0, 0.1) is 0 Å². The fraction of sp³-hybridized carbons (Fsp3) is 0.524. The lowest BCUT2D eigenvalue weighted by Crippen LogP contribution is -2.41. The molecule has 1 aromatic carbocycles. The number of likely N-dealkylation sites (tertiary alicyclic amines) is 1. The first kappa shape index (κ1) is 19.8. The smallest absolute Gasteiger partial charge is 0.191 e. The van der Waals surface area contributed by atoms with Gasteiger partial charge in [0.1, 0.15) is 5.01 Å². The van der Waals surface area contributed by atoms with Gasteiger partial charge < -0.3 is 15.5 Å². The number of guanidine groups is 1. The molecular weight excluding hydrogens is 354 g/mol. The third kappa shape index (κ3) is 6.04. The molecule has 2 heterocycles. The molecule has 0 spiro atoms. The summed E-state index contributed by atoms with van der Waals surface area (Å²) in [7, 11) is 1.82. The van der Waals surface area contributed by atoms with Crippen LogP contribution >= 0.6 is 11.3 Å². The van der Waals surface area contributed by atoms with Gasteiger partial charge in [-0.15, -0.1) is 11.3 Å². The molecular formula is C21H31N5S. The van der Waals surface area contributed by atoms with E-state index in [9.17, 15) is 0 Å². The van der Waals surface area contributed by atoms with Crippen molar-refractivity contribution in [1.82, 2.24) is 20.5 Å². The predicted molar refractivity (Wildman–Crippen MR) is 115 cm³/mol. The minimum Gasteiger partial charge on any atom is -0.356 e. The summed E-state index contributed by atoms with van der Waals surface area (Å²) in [4.78, 5) is 11.7. The molecule has 2 N–H and O–H groups in total. The van der Waals surface area contributed by atoms with E-state index in [4.69, 9.17) is 4.98 Å². The van der Waals surface area contributed by atoms with E-state index in [2.05, 4.69) is 45.0 Å². The highest BCUT2D eigenvalue weighted by Crippen LogP contribution is 2.21. The summed E-state index contributed by atoms with van der Waals surface area (Å²) in [5, 5.41) is 9.97. The normalized spacial score (nSPS) is 18.4. The van der Waals surface area contributed by atoms with E-state index in [1.54, 1.807) is 11.3 Å². The van der Waals surface area contributed by atoms with E-state index < -0.39 is 0 Å². The largest absolute Gasteiger partial charge is 0.356 e. The van der Waals surface area contributed by atoms with E-state index in [1.165, 1.54) is 25.8 Å². The molecule has 27 heavy (non-hydrogen) atoms. The van der Waals surface area contributed by atoms with Crippen molar-refractivity contribution in [2.75, 3.05) is 26.7 Å². The minimum atomic E-state index is 0.695. The van der Waals surface area contributed by atoms with E-state index in [-0.39, 0.29) is 0 Å². The van der Waals surface area contributed by atoms with Gasteiger partial charge in [0, 0.05) is 37.1 Å². The molecule has 146 valence electrons. The highest BCUT2D eigenvalue weighted by molar-refractivity contribution is 7.09. The van der Waals surface area contributed by atoms with Crippen molar-refractivity contribution in [3.05, 3.63) is 40.7 Å². The van der Waals surface area contributed by atoms with Crippen molar-refractivity contribution < 1.29 is 0 Å². The van der Waals surface area contributed by atoms with Crippen LogP contribution < -0.4 is 10.6 Å². The first-order chi connectivity index (χ1) is 13.3. The number of benzene rings is 1. The molecule has 0 aliphatic carbocycles. The summed E-state index contributed by atoms with van der Waals surface area (Å²) < 4.78 is 0. The van der Waals surface area contributed by atoms with Crippen molar-refractivity contribution in [2.45, 2.75) is 45.2 Å². The van der Waals surface area contributed by atoms with Crippen molar-refractivity contribution >= 4 is 17.3 Å². The van der Waals surface area contributed by atoms with Gasteiger partial charge in [-0.1, -0.05) is 36.8 Å². The van der Waals surface area contributed by atoms with E-state index >= 15 is 0 Å². The Morgan fingerprint density at radius 3 is 2.89 bits per heavy atom. The quantitative estimate of drug-likeness (QED) is 0.433. The lowest BCUT2D eigenvalue weighted by atomic mass is 10.0. The fourth-order valence-electron chi connectivity index (χ4n) is 3.49. The van der Waals surface area contributed by atoms with E-state index in [0.29, 0.717) is 6.54 Å². The van der Waals surface area contributed by atoms with Crippen LogP contribution in [0.15, 0.2) is 40.7 Å². The second-order valence-electron chi connectivity index (χ2n) is 7.08. The van der Waals surface area contributed by atoms with Gasteiger partial charge in [0.15, 0.2) is 5.96 Å². The van der Waals surface area contributed by atoms with Crippen LogP contribution in [0.25, 0.3) is 11.3 Å². The number of aliphatic imine (C=N–C) groups is 1. The Hall–Kier alpha value is -1.92. The Labute approximate surface area is 166 Å². The number of hydrogen-bond acceptors (Lipinski definition) is 4. The number of nitrogens with zero attached hydrogens (tertiary/aromatic N) is 3. The van der Waals surface area contributed by atoms with Gasteiger partial charge in [0.25, 0.3) is 0 Å². The van der Waals surface area contributed by atoms with Gasteiger partial charge in [-0.25, -0.2) is 4.98 Å². The first-order valence-electron chi connectivity index (χ1n) is 9.94. The molecule has 1 atom stereocenters. The van der Waals surface area contributed by atoms with Crippen LogP contribution in [-0.4, -0.2) is 48.6 Å². The highest BCUT2D eigenvalue weighted by Gasteiger charge is 2.17. The van der Waals surface area contributed by atoms with Crippen molar-refractivity contribution in [2.24, 2.45) is 4.99 Å². The number of piperidine rings is 1. The van der Waals surface area contributed by atoms with Gasteiger partial charge in [-0.2, -0.15) is 0 Å². The lowest BCUT2D eigenvalue weighted by molar-refractivity contribution is 0.159. The van der Waals surface area contributed by atoms with Crippen molar-refractivity contribution in [3.63, 3.8) is 0 Å². The van der Waals surface area contributed by atoms with Gasteiger partial charge in [0.05, 0.1) is 12.2 Å². The van der Waals surface area contributed by atoms with Crippen LogP contribution in [0.3, 0.4) is 0 Å². The summed E-state index contributed by atoms with van der Waals surface area (Å²) >= 11 is 1.68. The first-order valence-corrected chi connectivity index (χ1v) is 10.8. The molecule has 3 rings (SSSR count). The van der Waals surface area contributed by atoms with Crippen LogP contribution in [0.2, 0.25) is 0 Å². The Morgan fingerprint density at radius 1 is 1.26 bits per heavy atom. The summed E-state index contributed by atoms with van der Waals surface area (Å²) in [6.07, 6.45) is 5.21. The standard InChI is InChI=1S/C21H31N5S/c1-17-9-6-7-13-26(17)14-8-12-23-21(22-2)24-15-20-25-19(16-27-20)18-10-4-3-5-11-18/h3-5,10-11,16-17H,6-9,12-15H2,1-2H3,(H2,22,23,24). The molecule has 0 amide bonds. The molecule has 0 bridgehead atoms. The number of thiazole rings is 1. The van der Waals surface area contributed by atoms with Gasteiger partial charge >= 0.3 is 0 Å². The van der Waals surface area contributed by atoms with Crippen LogP contribution in [0.4, 0.5) is 0 Å². The maximum Gasteiger partial charge on any atom is 0.191 e. The lowest BCUT2D eigenvalue weighted by Gasteiger charge is -2.33. The van der Waals surface area contributed by atoms with Crippen molar-refractivity contribution in [1.29, 1.82) is 0 Å². The van der Waals surface area contributed by atoms with Gasteiger partial charge in [-0.05, 0) is 32.7 Å². The molecule has 5 nitrogen and oxygen atoms in total. The summed E-state index contributed by atoms with van der Waals surface area (Å²) in [5.41, 5.74) is 2.20. The van der Waals surface area contributed by atoms with Gasteiger partial charge in [-0.3, -0.25) is 4.99 Å². The van der Waals surface area contributed by atoms with Crippen LogP contribution in [0.5, 0.6) is 0 Å². The SMILES string of the molecule is CN=C(NCCCN1CCCCC1C)NCc1nc(-c2ccccc2)cs1. The van der Waals surface area contributed by atoms with Gasteiger partial charge in [0.2, 0.25) is 0 Å². The van der Waals surface area contributed by atoms with Crippen LogP contribution in [0.1, 0.15) is 37.6 Å². The topological polar surface area (TPSA) is 52.6 Å². The molecule has 1 aliphatic heterocycles. The highest BCUT2D eigenvalue weighted by atomic mass is 32.1. The fourth-order valence-corrected chi connectivity index (χ4v) is 4.24. The number of rotatable bonds is 7.